The second-order valence-corrected chi connectivity index (χ2v) is 14.4. The molecule has 0 bridgehead atoms. The molecule has 6 rings (SSSR count). The molecule has 0 unspecified atom stereocenters. The second kappa shape index (κ2) is 13.0. The molecule has 50 heavy (non-hydrogen) atoms. The van der Waals surface area contributed by atoms with Crippen LogP contribution < -0.4 is 14.7 Å². The Kier molecular flexibility index (Phi) is 9.20. The van der Waals surface area contributed by atoms with Gasteiger partial charge in [-0.15, -0.1) is 0 Å². The summed E-state index contributed by atoms with van der Waals surface area (Å²) >= 11 is 0. The zero-order valence-electron chi connectivity index (χ0n) is 28.7. The number of anilines is 3. The molecule has 1 aromatic heterocycles. The first-order chi connectivity index (χ1) is 23.4. The number of aromatic nitrogens is 1. The number of rotatable bonds is 4. The quantitative estimate of drug-likeness (QED) is 0.446. The molecule has 5 heterocycles. The number of benzene rings is 1. The molecule has 16 heteroatoms. The Bertz CT molecular complexity index is 1680. The first-order valence-corrected chi connectivity index (χ1v) is 16.6. The lowest BCUT2D eigenvalue weighted by atomic mass is 9.95. The highest BCUT2D eigenvalue weighted by atomic mass is 19.4. The third-order valence-corrected chi connectivity index (χ3v) is 9.65. The Balaban J connectivity index is 1.19. The number of piperazine rings is 1. The summed E-state index contributed by atoms with van der Waals surface area (Å²) in [5.41, 5.74) is -1.36. The number of likely N-dealkylation sites (tertiary alicyclic amines) is 1. The average Bonchev–Trinajstić information content (AvgIpc) is 3.32. The van der Waals surface area contributed by atoms with Crippen LogP contribution in [0.15, 0.2) is 30.3 Å². The van der Waals surface area contributed by atoms with Gasteiger partial charge in [-0.1, -0.05) is 6.07 Å². The first-order valence-electron chi connectivity index (χ1n) is 16.6. The molecule has 3 saturated heterocycles. The fraction of sp³-hybridized carbons (Fsp3) is 0.559. The van der Waals surface area contributed by atoms with Crippen molar-refractivity contribution in [3.63, 3.8) is 0 Å². The molecule has 0 spiro atoms. The van der Waals surface area contributed by atoms with E-state index in [9.17, 15) is 32.3 Å². The van der Waals surface area contributed by atoms with Crippen molar-refractivity contribution in [2.24, 2.45) is 5.92 Å². The van der Waals surface area contributed by atoms with E-state index in [1.165, 1.54) is 42.0 Å². The summed E-state index contributed by atoms with van der Waals surface area (Å²) < 4.78 is 62.2. The van der Waals surface area contributed by atoms with Crippen molar-refractivity contribution in [3.8, 4) is 0 Å². The van der Waals surface area contributed by atoms with E-state index in [4.69, 9.17) is 4.74 Å². The summed E-state index contributed by atoms with van der Waals surface area (Å²) in [7, 11) is 1.42. The minimum Gasteiger partial charge on any atom is -0.444 e. The molecule has 0 saturated carbocycles. The molecule has 0 N–H and O–H groups in total. The number of halogens is 4. The van der Waals surface area contributed by atoms with Gasteiger partial charge in [-0.25, -0.2) is 14.2 Å². The van der Waals surface area contributed by atoms with Crippen LogP contribution in [0.4, 0.5) is 39.5 Å². The van der Waals surface area contributed by atoms with Gasteiger partial charge in [-0.3, -0.25) is 24.2 Å². The van der Waals surface area contributed by atoms with Crippen molar-refractivity contribution < 1.29 is 41.5 Å². The molecule has 2 aromatic rings. The maximum Gasteiger partial charge on any atom is 0.416 e. The number of likely N-dealkylation sites (N-methyl/N-ethyl adjacent to an activating group) is 1. The molecule has 0 radical (unpaired) electrons. The first kappa shape index (κ1) is 35.4. The normalized spacial score (nSPS) is 22.2. The number of alkyl halides is 3. The lowest BCUT2D eigenvalue weighted by Crippen LogP contribution is -2.65. The topological polar surface area (TPSA) is 110 Å². The van der Waals surface area contributed by atoms with E-state index in [1.54, 1.807) is 9.80 Å². The molecule has 270 valence electrons. The standard InChI is InChI=1S/C34H41F4N7O5/c1-20-13-22(34(36,37)38)15-26(39-20)45-27(46)14-21-16-43(30-24(35)7-6-8-25(30)40(5)31(48)29(21)45)19-28(47)42-11-9-41(10-12-42)23-17-44(18-23)32(49)50-33(2,3)4/h6-8,13,15,21,23,29H,9-12,14,16-19H2,1-5H3/t21-,29+/m1/s1. The fourth-order valence-corrected chi connectivity index (χ4v) is 7.17. The van der Waals surface area contributed by atoms with Crippen LogP contribution in [0, 0.1) is 18.7 Å². The number of ether oxygens (including phenoxy) is 1. The molecule has 4 amide bonds. The molecule has 1 aromatic carbocycles. The summed E-state index contributed by atoms with van der Waals surface area (Å²) in [6.45, 7) is 9.56. The Morgan fingerprint density at radius 3 is 2.30 bits per heavy atom. The summed E-state index contributed by atoms with van der Waals surface area (Å²) in [5, 5.41) is 0. The van der Waals surface area contributed by atoms with Crippen LogP contribution in [0.5, 0.6) is 0 Å². The van der Waals surface area contributed by atoms with Crippen molar-refractivity contribution in [2.75, 3.05) is 74.1 Å². The lowest BCUT2D eigenvalue weighted by molar-refractivity contribution is -0.137. The molecule has 4 aliphatic rings. The van der Waals surface area contributed by atoms with Crippen molar-refractivity contribution in [1.29, 1.82) is 0 Å². The van der Waals surface area contributed by atoms with Crippen molar-refractivity contribution in [1.82, 2.24) is 19.7 Å². The Hall–Kier alpha value is -4.47. The van der Waals surface area contributed by atoms with Crippen LogP contribution in [0.2, 0.25) is 0 Å². The van der Waals surface area contributed by atoms with Gasteiger partial charge in [0.05, 0.1) is 23.5 Å². The fourth-order valence-electron chi connectivity index (χ4n) is 7.17. The number of amides is 4. The highest BCUT2D eigenvalue weighted by Crippen LogP contribution is 2.41. The van der Waals surface area contributed by atoms with Gasteiger partial charge in [0.1, 0.15) is 23.3 Å². The Morgan fingerprint density at radius 2 is 1.66 bits per heavy atom. The number of carbonyl (C=O) groups is 4. The van der Waals surface area contributed by atoms with Crippen LogP contribution in [0.3, 0.4) is 0 Å². The third-order valence-electron chi connectivity index (χ3n) is 9.65. The van der Waals surface area contributed by atoms with Crippen LogP contribution >= 0.6 is 0 Å². The van der Waals surface area contributed by atoms with E-state index >= 15 is 4.39 Å². The molecular weight excluding hydrogens is 662 g/mol. The van der Waals surface area contributed by atoms with E-state index in [0.717, 1.165) is 17.0 Å². The average molecular weight is 704 g/mol. The van der Waals surface area contributed by atoms with E-state index in [0.29, 0.717) is 39.3 Å². The number of para-hydroxylation sites is 1. The molecular formula is C34H41F4N7O5. The van der Waals surface area contributed by atoms with Gasteiger partial charge >= 0.3 is 12.3 Å². The zero-order chi connectivity index (χ0) is 36.3. The Morgan fingerprint density at radius 1 is 0.980 bits per heavy atom. The minimum atomic E-state index is -4.70. The molecule has 2 atom stereocenters. The van der Waals surface area contributed by atoms with Crippen LogP contribution in [-0.4, -0.2) is 121 Å². The van der Waals surface area contributed by atoms with Gasteiger partial charge in [0.25, 0.3) is 0 Å². The number of hydrogen-bond acceptors (Lipinski definition) is 8. The van der Waals surface area contributed by atoms with Crippen LogP contribution in [0.1, 0.15) is 38.4 Å². The van der Waals surface area contributed by atoms with Gasteiger partial charge < -0.3 is 24.3 Å². The van der Waals surface area contributed by atoms with E-state index < -0.39 is 46.9 Å². The summed E-state index contributed by atoms with van der Waals surface area (Å²) in [6.07, 6.45) is -5.27. The van der Waals surface area contributed by atoms with Gasteiger partial charge in [-0.2, -0.15) is 13.2 Å². The summed E-state index contributed by atoms with van der Waals surface area (Å²) in [4.78, 5) is 67.1. The number of fused-ring (bicyclic) bond motifs is 2. The van der Waals surface area contributed by atoms with E-state index in [2.05, 4.69) is 9.88 Å². The van der Waals surface area contributed by atoms with Gasteiger partial charge in [0, 0.05) is 76.9 Å². The van der Waals surface area contributed by atoms with Crippen LogP contribution in [0.25, 0.3) is 0 Å². The van der Waals surface area contributed by atoms with Crippen LogP contribution in [-0.2, 0) is 25.3 Å². The predicted octanol–water partition coefficient (Wildman–Crippen LogP) is 3.52. The van der Waals surface area contributed by atoms with Gasteiger partial charge in [0.2, 0.25) is 17.7 Å². The molecule has 3 fully saturated rings. The SMILES string of the molecule is Cc1cc(C(F)(F)F)cc(N2C(=O)C[C@@H]3CN(CC(=O)N4CCN(C5CN(C(=O)OC(C)(C)C)C5)CC4)c4c(F)cccc4N(C)C(=O)[C@H]32)n1. The molecule has 12 nitrogen and oxygen atoms in total. The van der Waals surface area contributed by atoms with Crippen molar-refractivity contribution in [2.45, 2.75) is 58.0 Å². The number of hydrogen-bond donors (Lipinski definition) is 0. The van der Waals surface area contributed by atoms with Gasteiger partial charge in [0.15, 0.2) is 0 Å². The maximum absolute atomic E-state index is 15.6. The minimum absolute atomic E-state index is 0.0233. The molecule has 4 aliphatic heterocycles. The third kappa shape index (κ3) is 6.94. The highest BCUT2D eigenvalue weighted by molar-refractivity contribution is 6.10. The smallest absolute Gasteiger partial charge is 0.416 e. The van der Waals surface area contributed by atoms with Gasteiger partial charge in [-0.05, 0) is 52.0 Å². The number of nitrogens with zero attached hydrogens (tertiary/aromatic N) is 7. The molecule has 0 aliphatic carbocycles. The monoisotopic (exact) mass is 703 g/mol. The lowest BCUT2D eigenvalue weighted by Gasteiger charge is -2.48. The Labute approximate surface area is 287 Å². The van der Waals surface area contributed by atoms with E-state index in [1.807, 2.05) is 20.8 Å². The summed E-state index contributed by atoms with van der Waals surface area (Å²) in [5.74, 6) is -3.20. The summed E-state index contributed by atoms with van der Waals surface area (Å²) in [6, 6.07) is 4.72. The van der Waals surface area contributed by atoms with E-state index in [-0.39, 0.29) is 60.4 Å². The number of carbonyl (C=O) groups excluding carboxylic acids is 4. The second-order valence-electron chi connectivity index (χ2n) is 14.4. The van der Waals surface area contributed by atoms with Crippen molar-refractivity contribution in [3.05, 3.63) is 47.4 Å². The zero-order valence-corrected chi connectivity index (χ0v) is 28.7. The number of pyridine rings is 1. The predicted molar refractivity (Wildman–Crippen MR) is 175 cm³/mol. The number of aryl methyl sites for hydroxylation is 1. The van der Waals surface area contributed by atoms with Crippen molar-refractivity contribution >= 4 is 41.0 Å². The highest BCUT2D eigenvalue weighted by Gasteiger charge is 2.50. The maximum atomic E-state index is 15.6. The largest absolute Gasteiger partial charge is 0.444 e.